The molecule has 1 rings (SSSR count). The van der Waals surface area contributed by atoms with Crippen molar-refractivity contribution < 1.29 is 19.4 Å². The zero-order valence-corrected chi connectivity index (χ0v) is 16.0. The van der Waals surface area contributed by atoms with Crippen molar-refractivity contribution in [3.63, 3.8) is 0 Å². The van der Waals surface area contributed by atoms with Crippen LogP contribution >= 0.6 is 0 Å². The Kier molecular flexibility index (Phi) is 9.25. The summed E-state index contributed by atoms with van der Waals surface area (Å²) in [5, 5.41) is 9.45. The second kappa shape index (κ2) is 10.9. The van der Waals surface area contributed by atoms with Crippen molar-refractivity contribution in [3.05, 3.63) is 34.9 Å². The van der Waals surface area contributed by atoms with Crippen molar-refractivity contribution in [2.45, 2.75) is 66.2 Å². The standard InChI is InChI=1S/C21H32O4/c1-5-25-21(24)18-13-12-17(14-19(18)20(22)23)11-7-10-16(4)9-6-8-15(2)3/h8,10,12,18-19H,5-7,9,11,13-14H2,1-4H3,(H,22,23)/b16-10+. The molecule has 0 aliphatic heterocycles. The van der Waals surface area contributed by atoms with Gasteiger partial charge in [-0.15, -0.1) is 0 Å². The lowest BCUT2D eigenvalue weighted by Crippen LogP contribution is -2.33. The summed E-state index contributed by atoms with van der Waals surface area (Å²) in [5.74, 6) is -2.51. The highest BCUT2D eigenvalue weighted by Crippen LogP contribution is 2.33. The molecule has 1 aliphatic rings. The van der Waals surface area contributed by atoms with Gasteiger partial charge in [0.2, 0.25) is 0 Å². The van der Waals surface area contributed by atoms with E-state index in [-0.39, 0.29) is 12.6 Å². The predicted molar refractivity (Wildman–Crippen MR) is 100 cm³/mol. The molecule has 25 heavy (non-hydrogen) atoms. The summed E-state index contributed by atoms with van der Waals surface area (Å²) in [6.45, 7) is 8.39. The van der Waals surface area contributed by atoms with Crippen LogP contribution < -0.4 is 0 Å². The minimum atomic E-state index is -0.905. The number of rotatable bonds is 9. The first-order valence-corrected chi connectivity index (χ1v) is 9.21. The van der Waals surface area contributed by atoms with Crippen LogP contribution in [-0.2, 0) is 14.3 Å². The van der Waals surface area contributed by atoms with Gasteiger partial charge in [-0.25, -0.2) is 0 Å². The molecular weight excluding hydrogens is 316 g/mol. The number of carboxylic acids is 1. The maximum Gasteiger partial charge on any atom is 0.310 e. The average Bonchev–Trinajstić information content (AvgIpc) is 2.54. The largest absolute Gasteiger partial charge is 0.481 e. The molecule has 0 bridgehead atoms. The highest BCUT2D eigenvalue weighted by molar-refractivity contribution is 5.82. The van der Waals surface area contributed by atoms with Crippen LogP contribution in [0.3, 0.4) is 0 Å². The van der Waals surface area contributed by atoms with Gasteiger partial charge in [-0.1, -0.05) is 34.9 Å². The number of hydrogen-bond donors (Lipinski definition) is 1. The van der Waals surface area contributed by atoms with E-state index in [1.54, 1.807) is 6.92 Å². The molecule has 0 spiro atoms. The zero-order chi connectivity index (χ0) is 18.8. The van der Waals surface area contributed by atoms with Crippen LogP contribution in [0.1, 0.15) is 66.2 Å². The highest BCUT2D eigenvalue weighted by Gasteiger charge is 2.36. The minimum absolute atomic E-state index is 0.287. The third-order valence-electron chi connectivity index (χ3n) is 4.58. The maximum absolute atomic E-state index is 11.9. The SMILES string of the molecule is CCOC(=O)C1CC=C(CC/C=C(\C)CCC=C(C)C)CC1C(=O)O. The third kappa shape index (κ3) is 7.72. The van der Waals surface area contributed by atoms with Gasteiger partial charge in [0.05, 0.1) is 18.4 Å². The second-order valence-electron chi connectivity index (χ2n) is 7.01. The molecule has 4 nitrogen and oxygen atoms in total. The van der Waals surface area contributed by atoms with Gasteiger partial charge >= 0.3 is 11.9 Å². The van der Waals surface area contributed by atoms with E-state index in [4.69, 9.17) is 4.74 Å². The number of carbonyl (C=O) groups excluding carboxylic acids is 1. The first-order valence-electron chi connectivity index (χ1n) is 9.21. The number of carboxylic acid groups (broad SMARTS) is 1. The number of ether oxygens (including phenoxy) is 1. The fraction of sp³-hybridized carbons (Fsp3) is 0.619. The van der Waals surface area contributed by atoms with E-state index in [2.05, 4.69) is 32.9 Å². The monoisotopic (exact) mass is 348 g/mol. The van der Waals surface area contributed by atoms with Crippen molar-refractivity contribution in [2.75, 3.05) is 6.61 Å². The number of allylic oxidation sites excluding steroid dienone is 6. The molecule has 1 aliphatic carbocycles. The molecule has 0 aromatic heterocycles. The summed E-state index contributed by atoms with van der Waals surface area (Å²) in [7, 11) is 0. The molecule has 2 atom stereocenters. The van der Waals surface area contributed by atoms with Gasteiger partial charge in [-0.05, 0) is 66.2 Å². The fourth-order valence-corrected chi connectivity index (χ4v) is 3.13. The Labute approximate surface area is 151 Å². The van der Waals surface area contributed by atoms with Gasteiger partial charge in [0.15, 0.2) is 0 Å². The van der Waals surface area contributed by atoms with Crippen molar-refractivity contribution in [1.29, 1.82) is 0 Å². The summed E-state index contributed by atoms with van der Waals surface area (Å²) >= 11 is 0. The smallest absolute Gasteiger partial charge is 0.310 e. The van der Waals surface area contributed by atoms with Gasteiger partial charge < -0.3 is 9.84 Å². The lowest BCUT2D eigenvalue weighted by molar-refractivity contribution is -0.157. The molecule has 2 unspecified atom stereocenters. The molecule has 0 fully saturated rings. The van der Waals surface area contributed by atoms with Gasteiger partial charge in [0, 0.05) is 0 Å². The molecule has 1 N–H and O–H groups in total. The summed E-state index contributed by atoms with van der Waals surface area (Å²) in [4.78, 5) is 23.5. The van der Waals surface area contributed by atoms with Gasteiger partial charge in [0.25, 0.3) is 0 Å². The van der Waals surface area contributed by atoms with Crippen molar-refractivity contribution >= 4 is 11.9 Å². The van der Waals surface area contributed by atoms with E-state index in [1.165, 1.54) is 11.1 Å². The number of carbonyl (C=O) groups is 2. The minimum Gasteiger partial charge on any atom is -0.481 e. The van der Waals surface area contributed by atoms with Crippen molar-refractivity contribution in [3.8, 4) is 0 Å². The van der Waals surface area contributed by atoms with Crippen LogP contribution in [0.2, 0.25) is 0 Å². The van der Waals surface area contributed by atoms with E-state index in [9.17, 15) is 14.7 Å². The normalized spacial score (nSPS) is 20.6. The first kappa shape index (κ1) is 21.2. The summed E-state index contributed by atoms with van der Waals surface area (Å²) in [6.07, 6.45) is 11.3. The van der Waals surface area contributed by atoms with E-state index < -0.39 is 17.8 Å². The van der Waals surface area contributed by atoms with Gasteiger partial charge in [-0.2, -0.15) is 0 Å². The fourth-order valence-electron chi connectivity index (χ4n) is 3.13. The number of esters is 1. The highest BCUT2D eigenvalue weighted by atomic mass is 16.5. The molecule has 0 aromatic rings. The van der Waals surface area contributed by atoms with E-state index >= 15 is 0 Å². The number of aliphatic carboxylic acids is 1. The van der Waals surface area contributed by atoms with Crippen molar-refractivity contribution in [1.82, 2.24) is 0 Å². The van der Waals surface area contributed by atoms with Gasteiger partial charge in [0.1, 0.15) is 0 Å². The lowest BCUT2D eigenvalue weighted by atomic mass is 9.78. The van der Waals surface area contributed by atoms with Gasteiger partial charge in [-0.3, -0.25) is 9.59 Å². The summed E-state index contributed by atoms with van der Waals surface area (Å²) in [5.41, 5.74) is 3.85. The number of hydrogen-bond acceptors (Lipinski definition) is 3. The maximum atomic E-state index is 11.9. The first-order chi connectivity index (χ1) is 11.8. The molecule has 140 valence electrons. The zero-order valence-electron chi connectivity index (χ0n) is 16.0. The molecule has 0 radical (unpaired) electrons. The topological polar surface area (TPSA) is 63.6 Å². The molecular formula is C21H32O4. The molecule has 4 heteroatoms. The molecule has 0 heterocycles. The Hall–Kier alpha value is -1.84. The van der Waals surface area contributed by atoms with E-state index in [0.29, 0.717) is 12.8 Å². The summed E-state index contributed by atoms with van der Waals surface area (Å²) in [6, 6.07) is 0. The van der Waals surface area contributed by atoms with E-state index in [0.717, 1.165) is 31.3 Å². The van der Waals surface area contributed by atoms with E-state index in [1.807, 2.05) is 6.08 Å². The van der Waals surface area contributed by atoms with Crippen molar-refractivity contribution in [2.24, 2.45) is 11.8 Å². The molecule has 0 saturated carbocycles. The Morgan fingerprint density at radius 3 is 2.52 bits per heavy atom. The van der Waals surface area contributed by atoms with Crippen LogP contribution in [0.15, 0.2) is 34.9 Å². The van der Waals surface area contributed by atoms with Crippen LogP contribution in [0, 0.1) is 11.8 Å². The second-order valence-corrected chi connectivity index (χ2v) is 7.01. The Morgan fingerprint density at radius 1 is 1.20 bits per heavy atom. The third-order valence-corrected chi connectivity index (χ3v) is 4.58. The summed E-state index contributed by atoms with van der Waals surface area (Å²) < 4.78 is 5.02. The Morgan fingerprint density at radius 2 is 1.92 bits per heavy atom. The van der Waals surface area contributed by atoms with Crippen LogP contribution in [-0.4, -0.2) is 23.7 Å². The molecule has 0 amide bonds. The van der Waals surface area contributed by atoms with Crippen LogP contribution in [0.4, 0.5) is 0 Å². The Bertz CT molecular complexity index is 550. The molecule has 0 saturated heterocycles. The van der Waals surface area contributed by atoms with Crippen LogP contribution in [0.25, 0.3) is 0 Å². The predicted octanol–water partition coefficient (Wildman–Crippen LogP) is 5.06. The quantitative estimate of drug-likeness (QED) is 0.467. The molecule has 0 aromatic carbocycles. The average molecular weight is 348 g/mol. The van der Waals surface area contributed by atoms with Crippen LogP contribution in [0.5, 0.6) is 0 Å². The lowest BCUT2D eigenvalue weighted by Gasteiger charge is -2.26. The Balaban J connectivity index is 2.56.